The molecule has 0 amide bonds. The van der Waals surface area contributed by atoms with Gasteiger partial charge in [0.1, 0.15) is 5.65 Å². The van der Waals surface area contributed by atoms with Crippen molar-refractivity contribution in [2.24, 2.45) is 10.4 Å². The molecule has 0 aliphatic heterocycles. The van der Waals surface area contributed by atoms with Crippen LogP contribution >= 0.6 is 0 Å². The van der Waals surface area contributed by atoms with Gasteiger partial charge < -0.3 is 10.7 Å². The largest absolute Gasteiger partial charge is 0.368 e. The fourth-order valence-corrected chi connectivity index (χ4v) is 3.19. The van der Waals surface area contributed by atoms with Crippen molar-refractivity contribution in [3.05, 3.63) is 49.6 Å². The lowest BCUT2D eigenvalue weighted by molar-refractivity contribution is 0.144. The maximum Gasteiger partial charge on any atom is 0.238 e. The second-order valence-electron chi connectivity index (χ2n) is 8.91. The minimum atomic E-state index is -2.12. The predicted molar refractivity (Wildman–Crippen MR) is 147 cm³/mol. The molecule has 3 N–H and O–H groups in total. The van der Waals surface area contributed by atoms with Gasteiger partial charge >= 0.3 is 0 Å². The van der Waals surface area contributed by atoms with E-state index in [1.54, 1.807) is 12.4 Å². The van der Waals surface area contributed by atoms with Gasteiger partial charge in [0.2, 0.25) is 12.4 Å². The SMILES string of the molecule is C=C.C=C(C)C1(C)CCC1.CC(C)=Nc1ncc(-c2c[nH]c3nc(N)ncc23)nc1C.CCC(F)F. The summed E-state index contributed by atoms with van der Waals surface area (Å²) >= 11 is 0. The average molecular weight is 500 g/mol. The second kappa shape index (κ2) is 14.2. The van der Waals surface area contributed by atoms with E-state index in [0.29, 0.717) is 16.9 Å². The van der Waals surface area contributed by atoms with Crippen LogP contribution in [0.3, 0.4) is 0 Å². The number of aromatic amines is 1. The smallest absolute Gasteiger partial charge is 0.238 e. The van der Waals surface area contributed by atoms with Crippen LogP contribution in [0.1, 0.15) is 66.0 Å². The summed E-state index contributed by atoms with van der Waals surface area (Å²) in [6.45, 7) is 21.6. The minimum absolute atomic E-state index is 0.0278. The maximum atomic E-state index is 10.8. The molecule has 1 fully saturated rings. The van der Waals surface area contributed by atoms with Crippen molar-refractivity contribution in [1.82, 2.24) is 24.9 Å². The number of hydrogen-bond donors (Lipinski definition) is 2. The molecule has 7 nitrogen and oxygen atoms in total. The van der Waals surface area contributed by atoms with E-state index < -0.39 is 6.43 Å². The molecule has 0 radical (unpaired) electrons. The number of nitrogens with zero attached hydrogens (tertiary/aromatic N) is 5. The zero-order chi connectivity index (χ0) is 27.5. The van der Waals surface area contributed by atoms with Gasteiger partial charge in [-0.1, -0.05) is 32.4 Å². The van der Waals surface area contributed by atoms with Crippen LogP contribution in [0, 0.1) is 12.3 Å². The number of alkyl halides is 2. The Morgan fingerprint density at radius 1 is 1.17 bits per heavy atom. The average Bonchev–Trinajstić information content (AvgIpc) is 3.23. The summed E-state index contributed by atoms with van der Waals surface area (Å²) in [5.41, 5.74) is 11.5. The molecule has 0 bridgehead atoms. The van der Waals surface area contributed by atoms with Crippen molar-refractivity contribution in [1.29, 1.82) is 0 Å². The van der Waals surface area contributed by atoms with Gasteiger partial charge in [0.25, 0.3) is 0 Å². The van der Waals surface area contributed by atoms with Gasteiger partial charge in [0, 0.05) is 35.5 Å². The number of allylic oxidation sites excluding steroid dienone is 1. The Morgan fingerprint density at radius 2 is 1.78 bits per heavy atom. The van der Waals surface area contributed by atoms with Gasteiger partial charge in [0.15, 0.2) is 5.82 Å². The van der Waals surface area contributed by atoms with Crippen molar-refractivity contribution in [3.8, 4) is 11.3 Å². The lowest BCUT2D eigenvalue weighted by atomic mass is 9.66. The van der Waals surface area contributed by atoms with Crippen LogP contribution in [0.4, 0.5) is 20.5 Å². The topological polar surface area (TPSA) is 106 Å². The third kappa shape index (κ3) is 8.62. The highest BCUT2D eigenvalue weighted by Gasteiger charge is 2.31. The predicted octanol–water partition coefficient (Wildman–Crippen LogP) is 7.63. The van der Waals surface area contributed by atoms with E-state index >= 15 is 0 Å². The quantitative estimate of drug-likeness (QED) is 0.283. The van der Waals surface area contributed by atoms with E-state index in [0.717, 1.165) is 28.0 Å². The van der Waals surface area contributed by atoms with E-state index in [-0.39, 0.29) is 12.4 Å². The molecule has 3 aromatic rings. The Kier molecular flexibility index (Phi) is 12.0. The Labute approximate surface area is 213 Å². The molecule has 0 atom stereocenters. The van der Waals surface area contributed by atoms with Crippen LogP contribution in [0.5, 0.6) is 0 Å². The first-order chi connectivity index (χ1) is 17.0. The zero-order valence-corrected chi connectivity index (χ0v) is 22.3. The van der Waals surface area contributed by atoms with Crippen LogP contribution in [-0.2, 0) is 0 Å². The minimum Gasteiger partial charge on any atom is -0.368 e. The summed E-state index contributed by atoms with van der Waals surface area (Å²) in [5.74, 6) is 0.875. The summed E-state index contributed by atoms with van der Waals surface area (Å²) < 4.78 is 21.5. The highest BCUT2D eigenvalue weighted by molar-refractivity contribution is 5.92. The summed E-state index contributed by atoms with van der Waals surface area (Å²) in [6, 6.07) is 0. The molecule has 1 saturated carbocycles. The van der Waals surface area contributed by atoms with Crippen molar-refractivity contribution >= 4 is 28.5 Å². The molecular formula is C27H39F2N7. The fourth-order valence-electron chi connectivity index (χ4n) is 3.19. The lowest BCUT2D eigenvalue weighted by Crippen LogP contribution is -2.25. The maximum absolute atomic E-state index is 10.8. The monoisotopic (exact) mass is 499 g/mol. The normalized spacial score (nSPS) is 13.1. The van der Waals surface area contributed by atoms with E-state index in [1.165, 1.54) is 31.8 Å². The molecule has 0 aromatic carbocycles. The molecule has 1 aliphatic rings. The molecule has 0 saturated heterocycles. The van der Waals surface area contributed by atoms with Gasteiger partial charge in [-0.15, -0.1) is 13.2 Å². The first-order valence-corrected chi connectivity index (χ1v) is 11.9. The number of halogens is 2. The number of aliphatic imine (C=N–C) groups is 1. The summed E-state index contributed by atoms with van der Waals surface area (Å²) in [4.78, 5) is 24.5. The Balaban J connectivity index is 0.000000356. The summed E-state index contributed by atoms with van der Waals surface area (Å²) in [5, 5.41) is 0.862. The van der Waals surface area contributed by atoms with Gasteiger partial charge in [-0.3, -0.25) is 0 Å². The molecule has 0 unspecified atom stereocenters. The standard InChI is InChI=1S/C14H15N7.C8H14.C3H6F2.C2H4/c1-7(2)19-12-8(3)20-11(6-17-12)9-4-16-13-10(9)5-18-14(15)21-13;1-7(2)8(3)5-4-6-8;1-2-3(4)5;1-2/h4-6H,1-3H3,(H3,15,16,18,21);1,4-6H2,2-3H3;3H,2H2,1H3;1-2H2. The van der Waals surface area contributed by atoms with Crippen LogP contribution in [-0.4, -0.2) is 37.1 Å². The highest BCUT2D eigenvalue weighted by Crippen LogP contribution is 2.45. The number of aromatic nitrogens is 5. The van der Waals surface area contributed by atoms with Gasteiger partial charge in [-0.25, -0.2) is 28.7 Å². The Bertz CT molecular complexity index is 1160. The van der Waals surface area contributed by atoms with E-state index in [2.05, 4.69) is 63.5 Å². The molecule has 4 rings (SSSR count). The number of aryl methyl sites for hydroxylation is 1. The third-order valence-electron chi connectivity index (χ3n) is 5.77. The van der Waals surface area contributed by atoms with Crippen LogP contribution < -0.4 is 5.73 Å². The second-order valence-corrected chi connectivity index (χ2v) is 8.91. The van der Waals surface area contributed by atoms with Crippen LogP contribution in [0.15, 0.2) is 48.9 Å². The third-order valence-corrected chi connectivity index (χ3v) is 5.77. The van der Waals surface area contributed by atoms with Gasteiger partial charge in [-0.05, 0) is 46.0 Å². The van der Waals surface area contributed by atoms with Crippen molar-refractivity contribution < 1.29 is 8.78 Å². The number of nitrogens with two attached hydrogens (primary N) is 1. The van der Waals surface area contributed by atoms with Crippen LogP contribution in [0.2, 0.25) is 0 Å². The Morgan fingerprint density at radius 3 is 2.19 bits per heavy atom. The van der Waals surface area contributed by atoms with Crippen molar-refractivity contribution in [2.75, 3.05) is 5.73 Å². The van der Waals surface area contributed by atoms with E-state index in [1.807, 2.05) is 27.0 Å². The summed E-state index contributed by atoms with van der Waals surface area (Å²) in [6.07, 6.45) is 7.20. The number of nitrogen functional groups attached to an aromatic ring is 1. The molecule has 196 valence electrons. The van der Waals surface area contributed by atoms with Gasteiger partial charge in [0.05, 0.1) is 17.6 Å². The first-order valence-electron chi connectivity index (χ1n) is 11.9. The molecule has 3 heterocycles. The first kappa shape index (κ1) is 30.5. The molecule has 3 aromatic heterocycles. The number of rotatable bonds is 4. The zero-order valence-electron chi connectivity index (χ0n) is 22.3. The number of anilines is 1. The summed E-state index contributed by atoms with van der Waals surface area (Å²) in [7, 11) is 0. The molecule has 0 spiro atoms. The van der Waals surface area contributed by atoms with Crippen molar-refractivity contribution in [2.45, 2.75) is 73.7 Å². The fraction of sp³-hybridized carbons (Fsp3) is 0.444. The molecule has 36 heavy (non-hydrogen) atoms. The molecular weight excluding hydrogens is 460 g/mol. The number of hydrogen-bond acceptors (Lipinski definition) is 6. The van der Waals surface area contributed by atoms with Gasteiger partial charge in [-0.2, -0.15) is 4.98 Å². The highest BCUT2D eigenvalue weighted by atomic mass is 19.3. The van der Waals surface area contributed by atoms with E-state index in [4.69, 9.17) is 5.73 Å². The lowest BCUT2D eigenvalue weighted by Gasteiger charge is -2.39. The Hall–Kier alpha value is -3.49. The van der Waals surface area contributed by atoms with Crippen molar-refractivity contribution in [3.63, 3.8) is 0 Å². The number of H-pyrrole nitrogens is 1. The van der Waals surface area contributed by atoms with E-state index in [9.17, 15) is 8.78 Å². The molecule has 1 aliphatic carbocycles. The number of nitrogens with one attached hydrogen (secondary N) is 1. The van der Waals surface area contributed by atoms with Crippen LogP contribution in [0.25, 0.3) is 22.3 Å². The number of fused-ring (bicyclic) bond motifs is 1. The molecule has 9 heteroatoms.